The van der Waals surface area contributed by atoms with Crippen molar-refractivity contribution in [2.75, 3.05) is 0 Å². The van der Waals surface area contributed by atoms with E-state index in [-0.39, 0.29) is 19.8 Å². The van der Waals surface area contributed by atoms with Gasteiger partial charge < -0.3 is 4.79 Å². The molecule has 8 heavy (non-hydrogen) atoms. The van der Waals surface area contributed by atoms with Crippen LogP contribution in [0.15, 0.2) is 0 Å². The molecule has 48 valence electrons. The molecule has 0 radical (unpaired) electrons. The SMILES string of the molecule is CCCCCC=O.[GaH3]. The number of hydrogen-bond donors (Lipinski definition) is 0. The van der Waals surface area contributed by atoms with Gasteiger partial charge in [0, 0.05) is 6.42 Å². The van der Waals surface area contributed by atoms with Gasteiger partial charge in [0.15, 0.2) is 0 Å². The van der Waals surface area contributed by atoms with Gasteiger partial charge in [0.1, 0.15) is 6.29 Å². The third-order valence-corrected chi connectivity index (χ3v) is 0.926. The van der Waals surface area contributed by atoms with Gasteiger partial charge in [-0.2, -0.15) is 0 Å². The van der Waals surface area contributed by atoms with E-state index in [1.807, 2.05) is 0 Å². The van der Waals surface area contributed by atoms with E-state index in [1.165, 1.54) is 12.8 Å². The molecule has 2 heteroatoms. The molecule has 0 saturated carbocycles. The zero-order chi connectivity index (χ0) is 5.54. The molecule has 0 aliphatic carbocycles. The molecule has 0 aromatic rings. The Balaban J connectivity index is 0. The van der Waals surface area contributed by atoms with Gasteiger partial charge >= 0.3 is 19.8 Å². The summed E-state index contributed by atoms with van der Waals surface area (Å²) in [5, 5.41) is 0. The monoisotopic (exact) mass is 172 g/mol. The fourth-order valence-corrected chi connectivity index (χ4v) is 0.478. The van der Waals surface area contributed by atoms with E-state index in [2.05, 4.69) is 6.92 Å². The van der Waals surface area contributed by atoms with E-state index in [4.69, 9.17) is 0 Å². The summed E-state index contributed by atoms with van der Waals surface area (Å²) >= 11 is 0. The van der Waals surface area contributed by atoms with E-state index in [1.54, 1.807) is 0 Å². The fourth-order valence-electron chi connectivity index (χ4n) is 0.478. The Labute approximate surface area is 63.9 Å². The number of hydrogen-bond acceptors (Lipinski definition) is 1. The van der Waals surface area contributed by atoms with Gasteiger partial charge in [-0.3, -0.25) is 0 Å². The fraction of sp³-hybridized carbons (Fsp3) is 0.833. The summed E-state index contributed by atoms with van der Waals surface area (Å²) < 4.78 is 0. The second kappa shape index (κ2) is 10.3. The van der Waals surface area contributed by atoms with Crippen LogP contribution in [-0.4, -0.2) is 26.1 Å². The molecule has 0 rings (SSSR count). The predicted octanol–water partition coefficient (Wildman–Crippen LogP) is 0.582. The molecule has 0 N–H and O–H groups in total. The van der Waals surface area contributed by atoms with Crippen LogP contribution in [0.2, 0.25) is 0 Å². The van der Waals surface area contributed by atoms with Gasteiger partial charge in [0.2, 0.25) is 0 Å². The van der Waals surface area contributed by atoms with Crippen molar-refractivity contribution in [3.05, 3.63) is 0 Å². The van der Waals surface area contributed by atoms with Crippen LogP contribution in [0.5, 0.6) is 0 Å². The Morgan fingerprint density at radius 2 is 2.00 bits per heavy atom. The summed E-state index contributed by atoms with van der Waals surface area (Å²) in [6.45, 7) is 2.13. The van der Waals surface area contributed by atoms with Crippen molar-refractivity contribution in [1.82, 2.24) is 0 Å². The molecule has 0 atom stereocenters. The number of carbonyl (C=O) groups is 1. The van der Waals surface area contributed by atoms with Crippen molar-refractivity contribution >= 4 is 26.1 Å². The minimum absolute atomic E-state index is 0. The zero-order valence-corrected chi connectivity index (χ0v) is 4.81. The molecule has 0 aliphatic rings. The predicted molar refractivity (Wildman–Crippen MR) is 40.1 cm³/mol. The second-order valence-corrected chi connectivity index (χ2v) is 1.66. The maximum atomic E-state index is 9.68. The Hall–Kier alpha value is 0.306. The third kappa shape index (κ3) is 9.58. The molecule has 0 unspecified atom stereocenters. The first-order valence-corrected chi connectivity index (χ1v) is 2.85. The van der Waals surface area contributed by atoms with Crippen molar-refractivity contribution < 1.29 is 4.79 Å². The molecule has 0 heterocycles. The van der Waals surface area contributed by atoms with E-state index >= 15 is 0 Å². The Morgan fingerprint density at radius 3 is 2.38 bits per heavy atom. The summed E-state index contributed by atoms with van der Waals surface area (Å²) in [5.41, 5.74) is 0. The van der Waals surface area contributed by atoms with Crippen LogP contribution in [-0.2, 0) is 4.79 Å². The molecule has 1 nitrogen and oxygen atoms in total. The molecule has 0 saturated heterocycles. The van der Waals surface area contributed by atoms with Gasteiger partial charge in [-0.05, 0) is 6.42 Å². The number of aldehydes is 1. The topological polar surface area (TPSA) is 17.1 Å². The van der Waals surface area contributed by atoms with Gasteiger partial charge in [-0.15, -0.1) is 0 Å². The van der Waals surface area contributed by atoms with E-state index in [0.717, 1.165) is 19.1 Å². The van der Waals surface area contributed by atoms with Crippen molar-refractivity contribution in [3.63, 3.8) is 0 Å². The average molecular weight is 173 g/mol. The van der Waals surface area contributed by atoms with Crippen LogP contribution in [0.25, 0.3) is 0 Å². The van der Waals surface area contributed by atoms with Crippen molar-refractivity contribution in [3.8, 4) is 0 Å². The van der Waals surface area contributed by atoms with Crippen molar-refractivity contribution in [1.29, 1.82) is 0 Å². The molecule has 0 aromatic heterocycles. The zero-order valence-electron chi connectivity index (χ0n) is 4.81. The number of carbonyl (C=O) groups excluding carboxylic acids is 1. The molecule has 0 bridgehead atoms. The van der Waals surface area contributed by atoms with Crippen molar-refractivity contribution in [2.24, 2.45) is 0 Å². The standard InChI is InChI=1S/C6H12O.Ga.3H/c1-2-3-4-5-6-7;;;;/h6H,2-5H2,1H3;;;;. The summed E-state index contributed by atoms with van der Waals surface area (Å²) in [6, 6.07) is 0. The van der Waals surface area contributed by atoms with Crippen LogP contribution in [0.1, 0.15) is 32.6 Å². The van der Waals surface area contributed by atoms with Crippen LogP contribution >= 0.6 is 0 Å². The summed E-state index contributed by atoms with van der Waals surface area (Å²) in [7, 11) is 0. The Morgan fingerprint density at radius 1 is 1.38 bits per heavy atom. The first kappa shape index (κ1) is 11.1. The average Bonchev–Trinajstić information content (AvgIpc) is 1.69. The molecule has 0 fully saturated rings. The Kier molecular flexibility index (Phi) is 14.4. The number of rotatable bonds is 4. The van der Waals surface area contributed by atoms with E-state index in [9.17, 15) is 4.79 Å². The van der Waals surface area contributed by atoms with Crippen LogP contribution < -0.4 is 0 Å². The first-order chi connectivity index (χ1) is 3.41. The van der Waals surface area contributed by atoms with Crippen LogP contribution in [0.4, 0.5) is 0 Å². The van der Waals surface area contributed by atoms with Gasteiger partial charge in [-0.1, -0.05) is 19.8 Å². The minimum atomic E-state index is 0. The van der Waals surface area contributed by atoms with Crippen molar-refractivity contribution in [2.45, 2.75) is 32.6 Å². The third-order valence-electron chi connectivity index (χ3n) is 0.926. The quantitative estimate of drug-likeness (QED) is 0.345. The summed E-state index contributed by atoms with van der Waals surface area (Å²) in [6.07, 6.45) is 5.19. The number of unbranched alkanes of at least 4 members (excludes halogenated alkanes) is 3. The van der Waals surface area contributed by atoms with Gasteiger partial charge in [-0.25, -0.2) is 0 Å². The van der Waals surface area contributed by atoms with Gasteiger partial charge in [0.05, 0.1) is 0 Å². The van der Waals surface area contributed by atoms with Crippen LogP contribution in [0.3, 0.4) is 0 Å². The molecule has 0 aliphatic heterocycles. The Bertz CT molecular complexity index is 45.8. The molecule has 0 aromatic carbocycles. The first-order valence-electron chi connectivity index (χ1n) is 2.85. The maximum absolute atomic E-state index is 9.68. The van der Waals surface area contributed by atoms with Crippen LogP contribution in [0, 0.1) is 0 Å². The molecule has 0 amide bonds. The second-order valence-electron chi connectivity index (χ2n) is 1.66. The summed E-state index contributed by atoms with van der Waals surface area (Å²) in [4.78, 5) is 9.68. The van der Waals surface area contributed by atoms with Gasteiger partial charge in [0.25, 0.3) is 0 Å². The normalized spacial score (nSPS) is 7.62. The van der Waals surface area contributed by atoms with E-state index in [0.29, 0.717) is 0 Å². The summed E-state index contributed by atoms with van der Waals surface area (Å²) in [5.74, 6) is 0. The molecular weight excluding hydrogens is 158 g/mol. The van der Waals surface area contributed by atoms with E-state index < -0.39 is 0 Å². The molecular formula is C6H15GaO. The molecule has 0 spiro atoms.